The number of nitrogens with one attached hydrogen (secondary N) is 5. The van der Waals surface area contributed by atoms with Crippen molar-refractivity contribution in [2.75, 3.05) is 6.61 Å². The number of nitrogens with zero attached hydrogens (tertiary/aromatic N) is 1. The van der Waals surface area contributed by atoms with Gasteiger partial charge in [-0.3, -0.25) is 14.4 Å². The second kappa shape index (κ2) is 12.8. The molecular formula is C25H33N7O6. The largest absolute Gasteiger partial charge is 0.480 e. The van der Waals surface area contributed by atoms with Crippen LogP contribution in [0.2, 0.25) is 0 Å². The van der Waals surface area contributed by atoms with Crippen LogP contribution in [0.1, 0.15) is 25.1 Å². The summed E-state index contributed by atoms with van der Waals surface area (Å²) in [5, 5.41) is 27.7. The van der Waals surface area contributed by atoms with Gasteiger partial charge in [-0.05, 0) is 17.5 Å². The number of carbonyl (C=O) groups is 4. The highest BCUT2D eigenvalue weighted by Crippen LogP contribution is 2.19. The van der Waals surface area contributed by atoms with Crippen molar-refractivity contribution in [2.24, 2.45) is 11.7 Å². The molecule has 0 spiro atoms. The minimum atomic E-state index is -1.37. The Balaban J connectivity index is 1.75. The lowest BCUT2D eigenvalue weighted by molar-refractivity contribution is -0.142. The number of hydrogen-bond donors (Lipinski definition) is 8. The molecule has 2 aromatic heterocycles. The van der Waals surface area contributed by atoms with Gasteiger partial charge in [0.05, 0.1) is 19.0 Å². The van der Waals surface area contributed by atoms with E-state index in [-0.39, 0.29) is 18.8 Å². The smallest absolute Gasteiger partial charge is 0.326 e. The first kappa shape index (κ1) is 28.3. The second-order valence-corrected chi connectivity index (χ2v) is 9.32. The number of aliphatic hydroxyl groups excluding tert-OH is 1. The number of hydrogen-bond acceptors (Lipinski definition) is 7. The molecule has 0 fully saturated rings. The van der Waals surface area contributed by atoms with Crippen molar-refractivity contribution in [3.8, 4) is 0 Å². The van der Waals surface area contributed by atoms with Gasteiger partial charge >= 0.3 is 5.97 Å². The highest BCUT2D eigenvalue weighted by atomic mass is 16.4. The average Bonchev–Trinajstić information content (AvgIpc) is 3.55. The fraction of sp³-hybridized carbons (Fsp3) is 0.400. The van der Waals surface area contributed by atoms with Crippen molar-refractivity contribution in [3.05, 3.63) is 54.2 Å². The van der Waals surface area contributed by atoms with Gasteiger partial charge in [0.25, 0.3) is 0 Å². The molecule has 204 valence electrons. The number of aromatic amines is 2. The van der Waals surface area contributed by atoms with E-state index in [1.54, 1.807) is 20.0 Å². The molecule has 0 aliphatic heterocycles. The van der Waals surface area contributed by atoms with Crippen LogP contribution in [-0.2, 0) is 32.0 Å². The number of amides is 3. The Morgan fingerprint density at radius 1 is 0.947 bits per heavy atom. The average molecular weight is 528 g/mol. The zero-order chi connectivity index (χ0) is 27.8. The van der Waals surface area contributed by atoms with E-state index in [1.807, 2.05) is 24.3 Å². The van der Waals surface area contributed by atoms with Crippen LogP contribution in [0.5, 0.6) is 0 Å². The summed E-state index contributed by atoms with van der Waals surface area (Å²) in [6.07, 6.45) is 4.49. The van der Waals surface area contributed by atoms with Gasteiger partial charge < -0.3 is 41.9 Å². The Kier molecular flexibility index (Phi) is 9.57. The lowest BCUT2D eigenvalue weighted by Gasteiger charge is -2.24. The molecule has 0 aliphatic rings. The molecule has 13 nitrogen and oxygen atoms in total. The minimum Gasteiger partial charge on any atom is -0.480 e. The molecule has 4 atom stereocenters. The highest BCUT2D eigenvalue weighted by molar-refractivity contribution is 5.94. The van der Waals surface area contributed by atoms with E-state index >= 15 is 0 Å². The number of para-hydroxylation sites is 1. The van der Waals surface area contributed by atoms with Crippen molar-refractivity contribution in [1.29, 1.82) is 0 Å². The van der Waals surface area contributed by atoms with Gasteiger partial charge in [-0.25, -0.2) is 9.78 Å². The van der Waals surface area contributed by atoms with Gasteiger partial charge in [0.2, 0.25) is 17.7 Å². The van der Waals surface area contributed by atoms with Gasteiger partial charge in [0.1, 0.15) is 18.1 Å². The Morgan fingerprint density at radius 3 is 2.24 bits per heavy atom. The van der Waals surface area contributed by atoms with E-state index in [1.165, 1.54) is 12.5 Å². The van der Waals surface area contributed by atoms with Crippen LogP contribution in [-0.4, -0.2) is 79.6 Å². The molecule has 3 aromatic rings. The molecule has 1 aromatic carbocycles. The summed E-state index contributed by atoms with van der Waals surface area (Å²) in [6, 6.07) is 2.57. The summed E-state index contributed by atoms with van der Waals surface area (Å²) in [7, 11) is 0. The topological polar surface area (TPSA) is 215 Å². The van der Waals surface area contributed by atoms with Crippen molar-refractivity contribution < 1.29 is 29.4 Å². The van der Waals surface area contributed by atoms with E-state index in [4.69, 9.17) is 5.73 Å². The van der Waals surface area contributed by atoms with E-state index in [9.17, 15) is 29.4 Å². The summed E-state index contributed by atoms with van der Waals surface area (Å²) in [5.41, 5.74) is 7.85. The van der Waals surface area contributed by atoms with E-state index in [2.05, 4.69) is 30.9 Å². The van der Waals surface area contributed by atoms with Crippen LogP contribution in [0.3, 0.4) is 0 Å². The van der Waals surface area contributed by atoms with Crippen LogP contribution >= 0.6 is 0 Å². The van der Waals surface area contributed by atoms with Crippen LogP contribution in [0, 0.1) is 5.92 Å². The summed E-state index contributed by atoms with van der Waals surface area (Å²) in [4.78, 5) is 60.3. The highest BCUT2D eigenvalue weighted by Gasteiger charge is 2.31. The number of aliphatic hydroxyl groups is 1. The molecule has 0 aliphatic carbocycles. The Morgan fingerprint density at radius 2 is 1.61 bits per heavy atom. The Labute approximate surface area is 218 Å². The van der Waals surface area contributed by atoms with Crippen LogP contribution in [0.15, 0.2) is 43.0 Å². The number of aromatic nitrogens is 3. The fourth-order valence-electron chi connectivity index (χ4n) is 3.86. The maximum absolute atomic E-state index is 13.2. The molecule has 0 saturated carbocycles. The number of carboxylic acid groups (broad SMARTS) is 1. The normalized spacial score (nSPS) is 14.4. The first-order valence-electron chi connectivity index (χ1n) is 12.1. The number of fused-ring (bicyclic) bond motifs is 1. The van der Waals surface area contributed by atoms with Crippen molar-refractivity contribution in [1.82, 2.24) is 30.9 Å². The number of benzene rings is 1. The monoisotopic (exact) mass is 527 g/mol. The number of carboxylic acids is 1. The summed E-state index contributed by atoms with van der Waals surface area (Å²) in [5.74, 6) is -3.68. The lowest BCUT2D eigenvalue weighted by atomic mass is 10.0. The molecule has 3 amide bonds. The number of rotatable bonds is 13. The predicted molar refractivity (Wildman–Crippen MR) is 138 cm³/mol. The van der Waals surface area contributed by atoms with Crippen LogP contribution < -0.4 is 21.7 Å². The van der Waals surface area contributed by atoms with Gasteiger partial charge in [-0.15, -0.1) is 0 Å². The minimum absolute atomic E-state index is 0.00176. The molecule has 0 bridgehead atoms. The zero-order valence-electron chi connectivity index (χ0n) is 21.1. The number of nitrogens with two attached hydrogens (primary N) is 1. The van der Waals surface area contributed by atoms with Crippen LogP contribution in [0.4, 0.5) is 0 Å². The number of imidazole rings is 1. The van der Waals surface area contributed by atoms with Crippen LogP contribution in [0.25, 0.3) is 10.9 Å². The Bertz CT molecular complexity index is 1260. The van der Waals surface area contributed by atoms with E-state index < -0.39 is 54.5 Å². The summed E-state index contributed by atoms with van der Waals surface area (Å²) < 4.78 is 0. The van der Waals surface area contributed by atoms with E-state index in [0.717, 1.165) is 10.9 Å². The van der Waals surface area contributed by atoms with Crippen molar-refractivity contribution >= 4 is 34.6 Å². The summed E-state index contributed by atoms with van der Waals surface area (Å²) in [6.45, 7) is 2.73. The molecule has 4 unspecified atom stereocenters. The molecule has 2 heterocycles. The van der Waals surface area contributed by atoms with Gasteiger partial charge in [0, 0.05) is 41.8 Å². The maximum atomic E-state index is 13.2. The quantitative estimate of drug-likeness (QED) is 0.140. The van der Waals surface area contributed by atoms with Gasteiger partial charge in [0.15, 0.2) is 0 Å². The number of carbonyl (C=O) groups excluding carboxylic acids is 3. The second-order valence-electron chi connectivity index (χ2n) is 9.32. The van der Waals surface area contributed by atoms with Gasteiger partial charge in [-0.2, -0.15) is 0 Å². The molecule has 38 heavy (non-hydrogen) atoms. The summed E-state index contributed by atoms with van der Waals surface area (Å²) >= 11 is 0. The Hall–Kier alpha value is -4.23. The zero-order valence-corrected chi connectivity index (χ0v) is 21.1. The lowest BCUT2D eigenvalue weighted by Crippen LogP contribution is -2.59. The van der Waals surface area contributed by atoms with E-state index in [0.29, 0.717) is 11.3 Å². The first-order valence-corrected chi connectivity index (χ1v) is 12.1. The first-order chi connectivity index (χ1) is 18.1. The van der Waals surface area contributed by atoms with Crippen molar-refractivity contribution in [3.63, 3.8) is 0 Å². The maximum Gasteiger partial charge on any atom is 0.326 e. The third kappa shape index (κ3) is 7.17. The molecular weight excluding hydrogens is 494 g/mol. The predicted octanol–water partition coefficient (Wildman–Crippen LogP) is -0.809. The van der Waals surface area contributed by atoms with Gasteiger partial charge in [-0.1, -0.05) is 32.0 Å². The molecule has 0 radical (unpaired) electrons. The molecule has 13 heteroatoms. The third-order valence-electron chi connectivity index (χ3n) is 6.16. The SMILES string of the molecule is CC(C)C(N)C(=O)NC(CO)C(=O)NC(Cc1cnc[nH]1)C(=O)NC(Cc1c[nH]c2ccccc12)C(=O)O. The number of H-pyrrole nitrogens is 2. The van der Waals surface area contributed by atoms with Crippen molar-refractivity contribution in [2.45, 2.75) is 50.9 Å². The fourth-order valence-corrected chi connectivity index (χ4v) is 3.86. The molecule has 0 saturated heterocycles. The molecule has 9 N–H and O–H groups in total. The number of aliphatic carboxylic acids is 1. The molecule has 3 rings (SSSR count). The third-order valence-corrected chi connectivity index (χ3v) is 6.16. The standard InChI is InChI=1S/C25H33N7O6/c1-13(2)21(26)24(36)32-20(11-33)23(35)30-18(8-15-10-27-12-29-15)22(34)31-19(25(37)38)7-14-9-28-17-6-4-3-5-16(14)17/h3-6,9-10,12-13,18-21,28,33H,7-8,11,26H2,1-2H3,(H,27,29)(H,30,35)(H,31,34)(H,32,36)(H,37,38).